The molecule has 2 rings (SSSR count). The van der Waals surface area contributed by atoms with Gasteiger partial charge in [0, 0.05) is 31.6 Å². The van der Waals surface area contributed by atoms with Crippen LogP contribution < -0.4 is 15.5 Å². The molecule has 0 atom stereocenters. The molecule has 0 bridgehead atoms. The first-order valence-corrected chi connectivity index (χ1v) is 8.24. The molecule has 1 aromatic heterocycles. The Balaban J connectivity index is 2.03. The maximum absolute atomic E-state index is 12.0. The summed E-state index contributed by atoms with van der Waals surface area (Å²) >= 11 is 11.7. The van der Waals surface area contributed by atoms with E-state index >= 15 is 0 Å². The van der Waals surface area contributed by atoms with E-state index in [2.05, 4.69) is 5.32 Å². The summed E-state index contributed by atoms with van der Waals surface area (Å²) in [6.45, 7) is 2.53. The topological polar surface area (TPSA) is 69.6 Å². The van der Waals surface area contributed by atoms with E-state index in [9.17, 15) is 9.59 Å². The summed E-state index contributed by atoms with van der Waals surface area (Å²) in [5, 5.41) is 3.36. The number of amides is 1. The van der Waals surface area contributed by atoms with Crippen molar-refractivity contribution in [1.29, 1.82) is 0 Å². The minimum atomic E-state index is -0.413. The van der Waals surface area contributed by atoms with Gasteiger partial charge in [-0.05, 0) is 25.1 Å². The Morgan fingerprint density at radius 1 is 1.24 bits per heavy atom. The third-order valence-electron chi connectivity index (χ3n) is 3.48. The third-order valence-corrected chi connectivity index (χ3v) is 4.22. The summed E-state index contributed by atoms with van der Waals surface area (Å²) < 4.78 is 12.3. The minimum Gasteiger partial charge on any atom is -0.478 e. The summed E-state index contributed by atoms with van der Waals surface area (Å²) in [4.78, 5) is 24.0. The summed E-state index contributed by atoms with van der Waals surface area (Å²) in [5.74, 6) is -0.271. The normalized spacial score (nSPS) is 10.6. The number of anilines is 1. The van der Waals surface area contributed by atoms with E-state index in [1.807, 2.05) is 4.57 Å². The van der Waals surface area contributed by atoms with Gasteiger partial charge in [0.05, 0.1) is 22.3 Å². The van der Waals surface area contributed by atoms with Crippen LogP contribution in [0.1, 0.15) is 5.69 Å². The van der Waals surface area contributed by atoms with Crippen molar-refractivity contribution in [1.82, 2.24) is 4.57 Å². The number of pyridine rings is 1. The Morgan fingerprint density at radius 3 is 2.68 bits per heavy atom. The minimum absolute atomic E-state index is 0.142. The van der Waals surface area contributed by atoms with Gasteiger partial charge in [0.15, 0.2) is 12.4 Å². The van der Waals surface area contributed by atoms with E-state index in [1.165, 1.54) is 12.1 Å². The molecule has 25 heavy (non-hydrogen) atoms. The van der Waals surface area contributed by atoms with Crippen LogP contribution in [0.25, 0.3) is 0 Å². The van der Waals surface area contributed by atoms with Crippen LogP contribution in [0.3, 0.4) is 0 Å². The van der Waals surface area contributed by atoms with E-state index in [1.54, 1.807) is 32.4 Å². The molecule has 0 spiro atoms. The second-order valence-corrected chi connectivity index (χ2v) is 6.06. The Labute approximate surface area is 155 Å². The average molecular weight is 385 g/mol. The van der Waals surface area contributed by atoms with Crippen LogP contribution in [0.4, 0.5) is 5.69 Å². The number of halogens is 2. The highest BCUT2D eigenvalue weighted by Gasteiger charge is 2.11. The molecule has 1 heterocycles. The van der Waals surface area contributed by atoms with Gasteiger partial charge >= 0.3 is 0 Å². The quantitative estimate of drug-likeness (QED) is 0.795. The van der Waals surface area contributed by atoms with Gasteiger partial charge in [0.1, 0.15) is 0 Å². The number of methoxy groups -OCH3 is 1. The molecule has 0 aliphatic carbocycles. The van der Waals surface area contributed by atoms with Crippen molar-refractivity contribution in [2.24, 2.45) is 0 Å². The molecule has 0 aliphatic rings. The molecule has 1 N–H and O–H groups in total. The lowest BCUT2D eigenvalue weighted by Gasteiger charge is -2.14. The molecule has 2 aromatic rings. The summed E-state index contributed by atoms with van der Waals surface area (Å²) in [7, 11) is 1.60. The van der Waals surface area contributed by atoms with Crippen molar-refractivity contribution in [3.05, 3.63) is 56.4 Å². The highest BCUT2D eigenvalue weighted by atomic mass is 35.5. The average Bonchev–Trinajstić information content (AvgIpc) is 2.57. The first kappa shape index (κ1) is 19.3. The molecule has 0 saturated heterocycles. The number of benzene rings is 1. The summed E-state index contributed by atoms with van der Waals surface area (Å²) in [5.41, 5.74) is 0.839. The second kappa shape index (κ2) is 8.89. The van der Waals surface area contributed by atoms with Crippen LogP contribution in [-0.2, 0) is 16.1 Å². The first-order valence-electron chi connectivity index (χ1n) is 7.49. The monoisotopic (exact) mass is 384 g/mol. The van der Waals surface area contributed by atoms with Gasteiger partial charge in [-0.15, -0.1) is 0 Å². The number of ether oxygens (including phenoxy) is 2. The SMILES string of the molecule is COCCn1ccc(=O)c(OCC(=O)Nc2ccc(Cl)c(Cl)c2)c1C. The predicted octanol–water partition coefficient (Wildman–Crippen LogP) is 3.13. The van der Waals surface area contributed by atoms with Crippen LogP contribution in [0.2, 0.25) is 10.0 Å². The molecule has 134 valence electrons. The highest BCUT2D eigenvalue weighted by molar-refractivity contribution is 6.42. The number of hydrogen-bond donors (Lipinski definition) is 1. The van der Waals surface area contributed by atoms with Crippen LogP contribution in [0.15, 0.2) is 35.3 Å². The van der Waals surface area contributed by atoms with E-state index < -0.39 is 5.91 Å². The molecule has 0 fully saturated rings. The van der Waals surface area contributed by atoms with Crippen LogP contribution in [0.5, 0.6) is 5.75 Å². The van der Waals surface area contributed by atoms with Crippen molar-refractivity contribution in [2.75, 3.05) is 25.6 Å². The predicted molar refractivity (Wildman–Crippen MR) is 97.9 cm³/mol. The summed E-state index contributed by atoms with van der Waals surface area (Å²) in [6, 6.07) is 6.13. The molecule has 0 unspecified atom stereocenters. The number of nitrogens with one attached hydrogen (secondary N) is 1. The molecule has 0 aliphatic heterocycles. The Hall–Kier alpha value is -2.02. The number of aromatic nitrogens is 1. The molecule has 6 nitrogen and oxygen atoms in total. The third kappa shape index (κ3) is 5.22. The maximum atomic E-state index is 12.0. The van der Waals surface area contributed by atoms with Gasteiger partial charge in [0.25, 0.3) is 5.91 Å². The fraction of sp³-hybridized carbons (Fsp3) is 0.294. The molecule has 8 heteroatoms. The maximum Gasteiger partial charge on any atom is 0.262 e. The van der Waals surface area contributed by atoms with E-state index in [0.717, 1.165) is 0 Å². The number of hydrogen-bond acceptors (Lipinski definition) is 4. The van der Waals surface area contributed by atoms with E-state index in [0.29, 0.717) is 34.6 Å². The molecular weight excluding hydrogens is 367 g/mol. The van der Waals surface area contributed by atoms with Gasteiger partial charge < -0.3 is 19.4 Å². The van der Waals surface area contributed by atoms with Gasteiger partial charge in [0.2, 0.25) is 5.43 Å². The second-order valence-electron chi connectivity index (χ2n) is 5.25. The Bertz CT molecular complexity index is 821. The molecular formula is C17H18Cl2N2O4. The van der Waals surface area contributed by atoms with Gasteiger partial charge in [-0.2, -0.15) is 0 Å². The largest absolute Gasteiger partial charge is 0.478 e. The van der Waals surface area contributed by atoms with E-state index in [-0.39, 0.29) is 17.8 Å². The Morgan fingerprint density at radius 2 is 2.00 bits per heavy atom. The van der Waals surface area contributed by atoms with Crippen LogP contribution in [0, 0.1) is 6.92 Å². The number of carbonyl (C=O) groups is 1. The van der Waals surface area contributed by atoms with Crippen molar-refractivity contribution < 1.29 is 14.3 Å². The zero-order valence-corrected chi connectivity index (χ0v) is 15.4. The lowest BCUT2D eigenvalue weighted by atomic mass is 10.3. The first-order chi connectivity index (χ1) is 11.9. The lowest BCUT2D eigenvalue weighted by Crippen LogP contribution is -2.24. The lowest BCUT2D eigenvalue weighted by molar-refractivity contribution is -0.118. The summed E-state index contributed by atoms with van der Waals surface area (Å²) in [6.07, 6.45) is 1.67. The molecule has 1 amide bonds. The number of carbonyl (C=O) groups excluding carboxylic acids is 1. The highest BCUT2D eigenvalue weighted by Crippen LogP contribution is 2.25. The number of nitrogens with zero attached hydrogens (tertiary/aromatic N) is 1. The zero-order chi connectivity index (χ0) is 18.4. The van der Waals surface area contributed by atoms with Crippen molar-refractivity contribution >= 4 is 34.8 Å². The smallest absolute Gasteiger partial charge is 0.262 e. The van der Waals surface area contributed by atoms with Crippen LogP contribution in [-0.4, -0.2) is 30.8 Å². The molecule has 1 aromatic carbocycles. The fourth-order valence-corrected chi connectivity index (χ4v) is 2.47. The van der Waals surface area contributed by atoms with E-state index in [4.69, 9.17) is 32.7 Å². The van der Waals surface area contributed by atoms with Crippen LogP contribution >= 0.6 is 23.2 Å². The number of rotatable bonds is 7. The van der Waals surface area contributed by atoms with Crippen molar-refractivity contribution in [3.8, 4) is 5.75 Å². The zero-order valence-electron chi connectivity index (χ0n) is 13.8. The standard InChI is InChI=1S/C17H18Cl2N2O4/c1-11-17(15(22)5-6-21(11)7-8-24-2)25-10-16(23)20-12-3-4-13(18)14(19)9-12/h3-6,9H,7-8,10H2,1-2H3,(H,20,23). The molecule has 0 radical (unpaired) electrons. The Kier molecular flexibility index (Phi) is 6.87. The van der Waals surface area contributed by atoms with Gasteiger partial charge in [-0.1, -0.05) is 23.2 Å². The van der Waals surface area contributed by atoms with Gasteiger partial charge in [-0.3, -0.25) is 9.59 Å². The van der Waals surface area contributed by atoms with Crippen molar-refractivity contribution in [3.63, 3.8) is 0 Å². The molecule has 0 saturated carbocycles. The van der Waals surface area contributed by atoms with Crippen molar-refractivity contribution in [2.45, 2.75) is 13.5 Å². The fourth-order valence-electron chi connectivity index (χ4n) is 2.17. The van der Waals surface area contributed by atoms with Gasteiger partial charge in [-0.25, -0.2) is 0 Å².